The molecule has 6 nitrogen and oxygen atoms in total. The number of benzene rings is 1. The Bertz CT molecular complexity index is 819. The molecule has 2 saturated heterocycles. The average Bonchev–Trinajstić information content (AvgIpc) is 2.90. The molecule has 4 rings (SSSR count). The molecule has 2 aromatic rings. The number of nitrogens with zero attached hydrogens (tertiary/aromatic N) is 4. The summed E-state index contributed by atoms with van der Waals surface area (Å²) in [5.74, 6) is 0. The van der Waals surface area contributed by atoms with Crippen molar-refractivity contribution in [2.24, 2.45) is 0 Å². The second-order valence-corrected chi connectivity index (χ2v) is 8.89. The highest BCUT2D eigenvalue weighted by Crippen LogP contribution is 2.42. The molecular weight excluding hydrogens is 396 g/mol. The number of hydrogen-bond acceptors (Lipinski definition) is 4. The maximum atomic E-state index is 12.4. The van der Waals surface area contributed by atoms with Crippen molar-refractivity contribution in [3.63, 3.8) is 0 Å². The van der Waals surface area contributed by atoms with Crippen molar-refractivity contribution in [1.29, 1.82) is 0 Å². The van der Waals surface area contributed by atoms with Crippen LogP contribution < -0.4 is 4.90 Å². The monoisotopic (exact) mass is 418 g/mol. The van der Waals surface area contributed by atoms with Gasteiger partial charge in [-0.05, 0) is 67.4 Å². The van der Waals surface area contributed by atoms with Crippen LogP contribution in [0.15, 0.2) is 41.4 Å². The van der Waals surface area contributed by atoms with Crippen molar-refractivity contribution in [1.82, 2.24) is 14.5 Å². The summed E-state index contributed by atoms with van der Waals surface area (Å²) in [5.41, 5.74) is 1.75. The first-order valence-electron chi connectivity index (χ1n) is 8.81. The summed E-state index contributed by atoms with van der Waals surface area (Å²) >= 11 is 3.37. The van der Waals surface area contributed by atoms with Crippen LogP contribution in [0.3, 0.4) is 0 Å². The molecule has 0 radical (unpaired) electrons. The van der Waals surface area contributed by atoms with Crippen LogP contribution in [0.4, 0.5) is 10.5 Å². The number of carbonyl (C=O) groups is 1. The van der Waals surface area contributed by atoms with Crippen molar-refractivity contribution >= 4 is 27.7 Å². The molecule has 1 amide bonds. The molecule has 0 saturated carbocycles. The Morgan fingerprint density at radius 3 is 2.35 bits per heavy atom. The van der Waals surface area contributed by atoms with Crippen LogP contribution in [0, 0.1) is 0 Å². The zero-order valence-corrected chi connectivity index (χ0v) is 16.9. The van der Waals surface area contributed by atoms with Crippen molar-refractivity contribution in [3.05, 3.63) is 41.4 Å². The number of halogens is 1. The predicted octanol–water partition coefficient (Wildman–Crippen LogP) is 3.83. The predicted molar refractivity (Wildman–Crippen MR) is 104 cm³/mol. The Labute approximate surface area is 161 Å². The van der Waals surface area contributed by atoms with E-state index in [9.17, 15) is 4.79 Å². The van der Waals surface area contributed by atoms with E-state index in [1.807, 2.05) is 36.4 Å². The van der Waals surface area contributed by atoms with E-state index in [-0.39, 0.29) is 11.6 Å². The highest BCUT2D eigenvalue weighted by atomic mass is 79.9. The van der Waals surface area contributed by atoms with E-state index in [0.29, 0.717) is 0 Å². The topological polar surface area (TPSA) is 50.6 Å². The van der Waals surface area contributed by atoms with Gasteiger partial charge in [-0.3, -0.25) is 4.90 Å². The largest absolute Gasteiger partial charge is 0.444 e. The van der Waals surface area contributed by atoms with Gasteiger partial charge >= 0.3 is 6.09 Å². The van der Waals surface area contributed by atoms with Crippen LogP contribution in [-0.2, 0) is 4.74 Å². The van der Waals surface area contributed by atoms with Gasteiger partial charge in [-0.25, -0.2) is 9.78 Å². The lowest BCUT2D eigenvalue weighted by Crippen LogP contribution is -2.78. The van der Waals surface area contributed by atoms with Crippen LogP contribution in [0.25, 0.3) is 5.69 Å². The molecular formula is C19H23BrN4O2. The molecule has 1 aromatic carbocycles. The van der Waals surface area contributed by atoms with E-state index in [0.717, 1.165) is 36.3 Å². The maximum absolute atomic E-state index is 12.4. The van der Waals surface area contributed by atoms with E-state index in [1.54, 1.807) is 6.33 Å². The third-order valence-electron chi connectivity index (χ3n) is 5.02. The number of hydrogen-bond donors (Lipinski definition) is 0. The number of aromatic nitrogens is 2. The molecule has 2 fully saturated rings. The van der Waals surface area contributed by atoms with Gasteiger partial charge in [-0.15, -0.1) is 0 Å². The normalized spacial score (nSPS) is 18.5. The first-order valence-corrected chi connectivity index (χ1v) is 9.61. The second kappa shape index (κ2) is 6.01. The molecule has 1 aromatic heterocycles. The quantitative estimate of drug-likeness (QED) is 0.743. The summed E-state index contributed by atoms with van der Waals surface area (Å²) in [4.78, 5) is 20.8. The van der Waals surface area contributed by atoms with E-state index < -0.39 is 5.60 Å². The molecule has 0 N–H and O–H groups in total. The van der Waals surface area contributed by atoms with Gasteiger partial charge < -0.3 is 14.2 Å². The fourth-order valence-corrected chi connectivity index (χ4v) is 3.91. The number of imidazole rings is 1. The number of likely N-dealkylation sites (tertiary alicyclic amines) is 1. The Morgan fingerprint density at radius 2 is 1.85 bits per heavy atom. The number of rotatable bonds is 2. The summed E-state index contributed by atoms with van der Waals surface area (Å²) in [6.45, 7) is 8.24. The van der Waals surface area contributed by atoms with E-state index in [4.69, 9.17) is 4.74 Å². The van der Waals surface area contributed by atoms with Crippen molar-refractivity contribution < 1.29 is 9.53 Å². The minimum atomic E-state index is -0.449. The SMILES string of the molecule is CC(C)(C)OC(=O)N1CCC12CN(c1ccc(-n3cnc(Br)c3)cc1)C2. The molecule has 26 heavy (non-hydrogen) atoms. The molecule has 7 heteroatoms. The van der Waals surface area contributed by atoms with Gasteiger partial charge in [0, 0.05) is 37.2 Å². The fourth-order valence-electron chi connectivity index (χ4n) is 3.59. The van der Waals surface area contributed by atoms with Gasteiger partial charge in [0.05, 0.1) is 5.54 Å². The number of ether oxygens (including phenoxy) is 1. The van der Waals surface area contributed by atoms with Crippen LogP contribution in [0.5, 0.6) is 0 Å². The summed E-state index contributed by atoms with van der Waals surface area (Å²) in [7, 11) is 0. The van der Waals surface area contributed by atoms with E-state index in [1.165, 1.54) is 5.69 Å². The van der Waals surface area contributed by atoms with Gasteiger partial charge in [0.15, 0.2) is 0 Å². The lowest BCUT2D eigenvalue weighted by molar-refractivity contribution is -0.0560. The Kier molecular flexibility index (Phi) is 4.02. The molecule has 0 atom stereocenters. The molecule has 0 aliphatic carbocycles. The molecule has 0 unspecified atom stereocenters. The van der Waals surface area contributed by atoms with Crippen LogP contribution in [-0.4, -0.2) is 51.3 Å². The minimum Gasteiger partial charge on any atom is -0.444 e. The summed E-state index contributed by atoms with van der Waals surface area (Å²) in [6.07, 6.45) is 4.57. The Morgan fingerprint density at radius 1 is 1.19 bits per heavy atom. The third kappa shape index (κ3) is 3.09. The maximum Gasteiger partial charge on any atom is 0.410 e. The van der Waals surface area contributed by atoms with Gasteiger partial charge in [0.2, 0.25) is 0 Å². The smallest absolute Gasteiger partial charge is 0.410 e. The van der Waals surface area contributed by atoms with Crippen LogP contribution >= 0.6 is 15.9 Å². The van der Waals surface area contributed by atoms with Gasteiger partial charge in [0.25, 0.3) is 0 Å². The van der Waals surface area contributed by atoms with Gasteiger partial charge in [-0.2, -0.15) is 0 Å². The lowest BCUT2D eigenvalue weighted by atomic mass is 9.77. The standard InChI is InChI=1S/C19H23BrN4O2/c1-18(2,3)26-17(25)24-9-8-19(24)11-23(12-19)15-6-4-14(5-7-15)22-10-16(20)21-13-22/h4-7,10,13H,8-9,11-12H2,1-3H3. The molecule has 1 spiro atoms. The van der Waals surface area contributed by atoms with Crippen LogP contribution in [0.2, 0.25) is 0 Å². The molecule has 2 aliphatic rings. The number of carbonyl (C=O) groups excluding carboxylic acids is 1. The van der Waals surface area contributed by atoms with Gasteiger partial charge in [0.1, 0.15) is 16.5 Å². The van der Waals surface area contributed by atoms with Crippen molar-refractivity contribution in [2.75, 3.05) is 24.5 Å². The van der Waals surface area contributed by atoms with Gasteiger partial charge in [-0.1, -0.05) is 0 Å². The molecule has 138 valence electrons. The summed E-state index contributed by atoms with van der Waals surface area (Å²) in [5, 5.41) is 0. The highest BCUT2D eigenvalue weighted by molar-refractivity contribution is 9.10. The first-order chi connectivity index (χ1) is 12.3. The van der Waals surface area contributed by atoms with E-state index in [2.05, 4.69) is 50.1 Å². The second-order valence-electron chi connectivity index (χ2n) is 8.08. The average molecular weight is 419 g/mol. The number of anilines is 1. The zero-order chi connectivity index (χ0) is 18.5. The summed E-state index contributed by atoms with van der Waals surface area (Å²) < 4.78 is 8.33. The van der Waals surface area contributed by atoms with Crippen LogP contribution in [0.1, 0.15) is 27.2 Å². The highest BCUT2D eigenvalue weighted by Gasteiger charge is 2.56. The number of amides is 1. The zero-order valence-electron chi connectivity index (χ0n) is 15.3. The minimum absolute atomic E-state index is 0.0454. The fraction of sp³-hybridized carbons (Fsp3) is 0.474. The van der Waals surface area contributed by atoms with Crippen molar-refractivity contribution in [3.8, 4) is 5.69 Å². The Balaban J connectivity index is 1.39. The molecule has 0 bridgehead atoms. The lowest BCUT2D eigenvalue weighted by Gasteiger charge is -2.62. The Hall–Kier alpha value is -2.02. The summed E-state index contributed by atoms with van der Waals surface area (Å²) in [6, 6.07) is 8.40. The van der Waals surface area contributed by atoms with Crippen molar-refractivity contribution in [2.45, 2.75) is 38.3 Å². The molecule has 3 heterocycles. The first kappa shape index (κ1) is 17.4. The molecule has 2 aliphatic heterocycles. The van der Waals surface area contributed by atoms with E-state index >= 15 is 0 Å². The third-order valence-corrected chi connectivity index (χ3v) is 5.43.